The van der Waals surface area contributed by atoms with E-state index in [1.165, 1.54) is 7.11 Å². The lowest BCUT2D eigenvalue weighted by Gasteiger charge is -2.41. The molecule has 7 atom stereocenters. The number of carbonyl (C=O) groups is 1. The van der Waals surface area contributed by atoms with Gasteiger partial charge in [0.15, 0.2) is 0 Å². The Bertz CT molecular complexity index is 387. The van der Waals surface area contributed by atoms with Gasteiger partial charge in [0.2, 0.25) is 0 Å². The zero-order chi connectivity index (χ0) is 16.2. The van der Waals surface area contributed by atoms with E-state index in [-0.39, 0.29) is 35.9 Å². The van der Waals surface area contributed by atoms with E-state index in [0.717, 1.165) is 12.8 Å². The molecule has 0 amide bonds. The van der Waals surface area contributed by atoms with E-state index in [9.17, 15) is 9.90 Å². The number of methoxy groups -OCH3 is 1. The maximum Gasteiger partial charge on any atom is 0.311 e. The Morgan fingerprint density at radius 1 is 1.38 bits per heavy atom. The van der Waals surface area contributed by atoms with Crippen molar-refractivity contribution in [1.82, 2.24) is 0 Å². The molecule has 0 bridgehead atoms. The molecule has 1 rings (SSSR count). The number of ether oxygens (including phenoxy) is 2. The first-order valence-electron chi connectivity index (χ1n) is 7.70. The number of esters is 1. The van der Waals surface area contributed by atoms with Crippen molar-refractivity contribution in [2.75, 3.05) is 7.11 Å². The lowest BCUT2D eigenvalue weighted by molar-refractivity contribution is -0.167. The van der Waals surface area contributed by atoms with Crippen molar-refractivity contribution in [2.24, 2.45) is 23.7 Å². The van der Waals surface area contributed by atoms with Crippen LogP contribution >= 0.6 is 0 Å². The van der Waals surface area contributed by atoms with Crippen molar-refractivity contribution in [3.63, 3.8) is 0 Å². The summed E-state index contributed by atoms with van der Waals surface area (Å²) in [6.45, 7) is 7.75. The monoisotopic (exact) mass is 296 g/mol. The highest BCUT2D eigenvalue weighted by atomic mass is 16.5. The SMILES string of the molecule is C#C[C@@H](C)[C@@H](O)[C@H](C)[C@H]1O[C@H]([C@H](C)C(=O)OC)CC[C@@H]1C. The average molecular weight is 296 g/mol. The summed E-state index contributed by atoms with van der Waals surface area (Å²) in [5, 5.41) is 10.3. The molecule has 21 heavy (non-hydrogen) atoms. The number of carbonyl (C=O) groups excluding carboxylic acids is 1. The van der Waals surface area contributed by atoms with E-state index in [1.54, 1.807) is 0 Å². The van der Waals surface area contributed by atoms with Crippen LogP contribution in [0.2, 0.25) is 0 Å². The fourth-order valence-electron chi connectivity index (χ4n) is 3.09. The Hall–Kier alpha value is -1.05. The number of terminal acetylenes is 1. The van der Waals surface area contributed by atoms with Gasteiger partial charge in [-0.15, -0.1) is 12.3 Å². The van der Waals surface area contributed by atoms with Gasteiger partial charge in [-0.2, -0.15) is 0 Å². The van der Waals surface area contributed by atoms with Gasteiger partial charge in [0.1, 0.15) is 0 Å². The molecule has 1 N–H and O–H groups in total. The Balaban J connectivity index is 2.77. The Kier molecular flexibility index (Phi) is 6.70. The van der Waals surface area contributed by atoms with Gasteiger partial charge in [-0.05, 0) is 32.6 Å². The Morgan fingerprint density at radius 3 is 2.52 bits per heavy atom. The van der Waals surface area contributed by atoms with Gasteiger partial charge in [0.05, 0.1) is 31.3 Å². The van der Waals surface area contributed by atoms with E-state index in [4.69, 9.17) is 15.9 Å². The van der Waals surface area contributed by atoms with Gasteiger partial charge < -0.3 is 14.6 Å². The lowest BCUT2D eigenvalue weighted by atomic mass is 9.79. The standard InChI is InChI=1S/C17H28O4/c1-7-10(2)15(18)13(5)16-11(3)8-9-14(21-16)12(4)17(19)20-6/h1,10-16,18H,8-9H2,2-6H3/t10-,11+,12+,13+,14+,15-,16+/m1/s1. The third-order valence-electron chi connectivity index (χ3n) is 4.76. The summed E-state index contributed by atoms with van der Waals surface area (Å²) in [6.07, 6.45) is 6.35. The van der Waals surface area contributed by atoms with Gasteiger partial charge in [0, 0.05) is 11.8 Å². The van der Waals surface area contributed by atoms with Crippen molar-refractivity contribution in [2.45, 2.75) is 58.8 Å². The summed E-state index contributed by atoms with van der Waals surface area (Å²) in [5.41, 5.74) is 0. The minimum absolute atomic E-state index is 0.0707. The topological polar surface area (TPSA) is 55.8 Å². The number of hydrogen-bond donors (Lipinski definition) is 1. The minimum atomic E-state index is -0.602. The molecule has 0 aliphatic carbocycles. The van der Waals surface area contributed by atoms with Crippen LogP contribution in [0.4, 0.5) is 0 Å². The Labute approximate surface area is 128 Å². The van der Waals surface area contributed by atoms with E-state index in [1.807, 2.05) is 20.8 Å². The molecule has 4 heteroatoms. The van der Waals surface area contributed by atoms with Crippen LogP contribution in [0, 0.1) is 36.0 Å². The molecular weight excluding hydrogens is 268 g/mol. The first-order chi connectivity index (χ1) is 9.83. The Morgan fingerprint density at radius 2 is 2.00 bits per heavy atom. The van der Waals surface area contributed by atoms with Crippen LogP contribution in [0.5, 0.6) is 0 Å². The molecular formula is C17H28O4. The maximum absolute atomic E-state index is 11.7. The highest BCUT2D eigenvalue weighted by Gasteiger charge is 2.39. The van der Waals surface area contributed by atoms with Crippen molar-refractivity contribution in [3.8, 4) is 12.3 Å². The zero-order valence-electron chi connectivity index (χ0n) is 13.7. The average Bonchev–Trinajstić information content (AvgIpc) is 2.51. The molecule has 0 aromatic heterocycles. The van der Waals surface area contributed by atoms with Crippen molar-refractivity contribution < 1.29 is 19.4 Å². The van der Waals surface area contributed by atoms with E-state index < -0.39 is 6.10 Å². The quantitative estimate of drug-likeness (QED) is 0.624. The van der Waals surface area contributed by atoms with Gasteiger partial charge in [-0.1, -0.05) is 13.8 Å². The summed E-state index contributed by atoms with van der Waals surface area (Å²) in [5.74, 6) is 2.09. The molecule has 0 saturated carbocycles. The second kappa shape index (κ2) is 7.82. The highest BCUT2D eigenvalue weighted by Crippen LogP contribution is 2.34. The molecule has 1 fully saturated rings. The fourth-order valence-corrected chi connectivity index (χ4v) is 3.09. The molecule has 0 unspecified atom stereocenters. The molecule has 1 heterocycles. The van der Waals surface area contributed by atoms with Crippen LogP contribution in [0.15, 0.2) is 0 Å². The zero-order valence-corrected chi connectivity index (χ0v) is 13.7. The molecule has 0 radical (unpaired) electrons. The van der Waals surface area contributed by atoms with Gasteiger partial charge in [-0.3, -0.25) is 4.79 Å². The molecule has 0 aromatic rings. The summed E-state index contributed by atoms with van der Waals surface area (Å²) in [6, 6.07) is 0. The predicted octanol–water partition coefficient (Wildman–Crippen LogP) is 2.25. The number of aliphatic hydroxyl groups is 1. The summed E-state index contributed by atoms with van der Waals surface area (Å²) >= 11 is 0. The van der Waals surface area contributed by atoms with Gasteiger partial charge in [-0.25, -0.2) is 0 Å². The van der Waals surface area contributed by atoms with E-state index in [0.29, 0.717) is 5.92 Å². The second-order valence-electron chi connectivity index (χ2n) is 6.31. The molecule has 1 aliphatic heterocycles. The first kappa shape index (κ1) is 18.0. The summed E-state index contributed by atoms with van der Waals surface area (Å²) in [7, 11) is 1.39. The van der Waals surface area contributed by atoms with E-state index in [2.05, 4.69) is 12.8 Å². The largest absolute Gasteiger partial charge is 0.469 e. The van der Waals surface area contributed by atoms with Gasteiger partial charge in [0.25, 0.3) is 0 Å². The highest BCUT2D eigenvalue weighted by molar-refractivity contribution is 5.72. The van der Waals surface area contributed by atoms with Crippen LogP contribution in [-0.2, 0) is 14.3 Å². The van der Waals surface area contributed by atoms with Gasteiger partial charge >= 0.3 is 5.97 Å². The normalized spacial score (nSPS) is 31.6. The van der Waals surface area contributed by atoms with Crippen LogP contribution in [0.3, 0.4) is 0 Å². The van der Waals surface area contributed by atoms with Crippen LogP contribution in [-0.4, -0.2) is 36.5 Å². The molecule has 4 nitrogen and oxygen atoms in total. The molecule has 0 spiro atoms. The summed E-state index contributed by atoms with van der Waals surface area (Å²) < 4.78 is 10.9. The smallest absolute Gasteiger partial charge is 0.311 e. The molecule has 120 valence electrons. The predicted molar refractivity (Wildman–Crippen MR) is 81.4 cm³/mol. The maximum atomic E-state index is 11.7. The molecule has 1 saturated heterocycles. The van der Waals surface area contributed by atoms with Crippen molar-refractivity contribution >= 4 is 5.97 Å². The number of rotatable bonds is 5. The van der Waals surface area contributed by atoms with Crippen LogP contribution in [0.25, 0.3) is 0 Å². The van der Waals surface area contributed by atoms with Crippen LogP contribution < -0.4 is 0 Å². The molecule has 0 aromatic carbocycles. The van der Waals surface area contributed by atoms with E-state index >= 15 is 0 Å². The lowest BCUT2D eigenvalue weighted by Crippen LogP contribution is -2.46. The first-order valence-corrected chi connectivity index (χ1v) is 7.70. The minimum Gasteiger partial charge on any atom is -0.469 e. The third kappa shape index (κ3) is 4.21. The summed E-state index contributed by atoms with van der Waals surface area (Å²) in [4.78, 5) is 11.7. The number of aliphatic hydroxyl groups excluding tert-OH is 1. The third-order valence-corrected chi connectivity index (χ3v) is 4.76. The van der Waals surface area contributed by atoms with Crippen molar-refractivity contribution in [1.29, 1.82) is 0 Å². The fraction of sp³-hybridized carbons (Fsp3) is 0.824. The second-order valence-corrected chi connectivity index (χ2v) is 6.31. The molecule has 1 aliphatic rings. The van der Waals surface area contributed by atoms with Crippen molar-refractivity contribution in [3.05, 3.63) is 0 Å². The van der Waals surface area contributed by atoms with Crippen LogP contribution in [0.1, 0.15) is 40.5 Å². The number of hydrogen-bond acceptors (Lipinski definition) is 4.